The number of piperidine rings is 1. The zero-order valence-electron chi connectivity index (χ0n) is 14.1. The van der Waals surface area contributed by atoms with Crippen LogP contribution in [0.1, 0.15) is 57.8 Å². The van der Waals surface area contributed by atoms with Crippen molar-refractivity contribution >= 4 is 28.5 Å². The molecule has 1 saturated heterocycles. The van der Waals surface area contributed by atoms with E-state index >= 15 is 0 Å². The summed E-state index contributed by atoms with van der Waals surface area (Å²) in [5.74, 6) is 4.03. The number of halogens is 1. The van der Waals surface area contributed by atoms with Gasteiger partial charge in [-0.1, -0.05) is 22.6 Å². The van der Waals surface area contributed by atoms with Crippen molar-refractivity contribution in [3.63, 3.8) is 0 Å². The molecule has 1 amide bonds. The first kappa shape index (κ1) is 16.6. The normalized spacial score (nSPS) is 46.7. The van der Waals surface area contributed by atoms with Crippen LogP contribution in [0.2, 0.25) is 0 Å². The number of hydrogen-bond acceptors (Lipinski definition) is 2. The molecule has 0 aromatic carbocycles. The van der Waals surface area contributed by atoms with Crippen LogP contribution in [0, 0.1) is 29.6 Å². The molecule has 1 heterocycles. The zero-order valence-corrected chi connectivity index (χ0v) is 16.3. The summed E-state index contributed by atoms with van der Waals surface area (Å²) in [5, 5.41) is 6.96. The topological polar surface area (TPSA) is 41.1 Å². The molecule has 2 N–H and O–H groups in total. The van der Waals surface area contributed by atoms with E-state index < -0.39 is 0 Å². The maximum absolute atomic E-state index is 12.6. The molecule has 0 aromatic rings. The highest BCUT2D eigenvalue weighted by Gasteiger charge is 2.48. The van der Waals surface area contributed by atoms with Crippen LogP contribution < -0.4 is 10.6 Å². The van der Waals surface area contributed by atoms with Crippen LogP contribution in [-0.4, -0.2) is 29.0 Å². The molecule has 3 nitrogen and oxygen atoms in total. The summed E-state index contributed by atoms with van der Waals surface area (Å²) < 4.78 is 0.884. The van der Waals surface area contributed by atoms with Gasteiger partial charge in [0.2, 0.25) is 5.91 Å². The molecular weight excluding hydrogens is 399 g/mol. The smallest absolute Gasteiger partial charge is 0.223 e. The fourth-order valence-corrected chi connectivity index (χ4v) is 6.23. The first-order valence-electron chi connectivity index (χ1n) is 9.86. The molecule has 130 valence electrons. The van der Waals surface area contributed by atoms with Gasteiger partial charge in [0.1, 0.15) is 0 Å². The maximum atomic E-state index is 12.6. The molecule has 1 aliphatic heterocycles. The molecule has 4 fully saturated rings. The Morgan fingerprint density at radius 3 is 2.52 bits per heavy atom. The Balaban J connectivity index is 1.23. The van der Waals surface area contributed by atoms with Gasteiger partial charge in [0.15, 0.2) is 0 Å². The van der Waals surface area contributed by atoms with Crippen LogP contribution in [0.15, 0.2) is 0 Å². The first-order chi connectivity index (χ1) is 11.2. The van der Waals surface area contributed by atoms with E-state index in [2.05, 4.69) is 33.2 Å². The molecule has 5 atom stereocenters. The molecule has 4 aliphatic rings. The predicted octanol–water partition coefficient (Wildman–Crippen LogP) is 3.51. The Bertz CT molecular complexity index is 435. The average Bonchev–Trinajstić information content (AvgIpc) is 3.36. The number of hydrogen-bond donors (Lipinski definition) is 2. The minimum Gasteiger partial charge on any atom is -0.353 e. The van der Waals surface area contributed by atoms with Crippen LogP contribution in [-0.2, 0) is 4.79 Å². The lowest BCUT2D eigenvalue weighted by atomic mass is 9.73. The highest BCUT2D eigenvalue weighted by molar-refractivity contribution is 14.1. The van der Waals surface area contributed by atoms with Gasteiger partial charge in [-0.3, -0.25) is 4.79 Å². The second-order valence-corrected chi connectivity index (χ2v) is 10.3. The van der Waals surface area contributed by atoms with Crippen molar-refractivity contribution in [2.75, 3.05) is 13.1 Å². The number of carbonyl (C=O) groups excluding carboxylic acids is 1. The molecular formula is C19H31IN2O. The molecule has 4 heteroatoms. The minimum absolute atomic E-state index is 0.358. The summed E-state index contributed by atoms with van der Waals surface area (Å²) in [6.45, 7) is 2.38. The predicted molar refractivity (Wildman–Crippen MR) is 102 cm³/mol. The lowest BCUT2D eigenvalue weighted by Crippen LogP contribution is -2.46. The van der Waals surface area contributed by atoms with E-state index in [4.69, 9.17) is 0 Å². The van der Waals surface area contributed by atoms with Crippen molar-refractivity contribution in [1.29, 1.82) is 0 Å². The lowest BCUT2D eigenvalue weighted by molar-refractivity contribution is -0.124. The van der Waals surface area contributed by atoms with Crippen molar-refractivity contribution in [3.05, 3.63) is 0 Å². The molecule has 3 saturated carbocycles. The Labute approximate surface area is 154 Å². The van der Waals surface area contributed by atoms with Gasteiger partial charge in [0.25, 0.3) is 0 Å². The molecule has 4 rings (SSSR count). The third-order valence-electron chi connectivity index (χ3n) is 7.07. The van der Waals surface area contributed by atoms with Crippen LogP contribution >= 0.6 is 22.6 Å². The van der Waals surface area contributed by atoms with Crippen LogP contribution in [0.25, 0.3) is 0 Å². The quantitative estimate of drug-likeness (QED) is 0.532. The second kappa shape index (κ2) is 7.19. The number of rotatable bonds is 3. The van der Waals surface area contributed by atoms with Gasteiger partial charge in [0.05, 0.1) is 0 Å². The van der Waals surface area contributed by atoms with E-state index in [1.807, 2.05) is 0 Å². The van der Waals surface area contributed by atoms with Crippen molar-refractivity contribution in [2.45, 2.75) is 67.8 Å². The van der Waals surface area contributed by atoms with Crippen LogP contribution in [0.4, 0.5) is 0 Å². The second-order valence-electron chi connectivity index (χ2n) is 8.55. The molecule has 0 radical (unpaired) electrons. The third kappa shape index (κ3) is 3.88. The number of carbonyl (C=O) groups is 1. The van der Waals surface area contributed by atoms with Crippen molar-refractivity contribution in [3.8, 4) is 0 Å². The summed E-state index contributed by atoms with van der Waals surface area (Å²) in [7, 11) is 0. The highest BCUT2D eigenvalue weighted by atomic mass is 127. The maximum Gasteiger partial charge on any atom is 0.223 e. The number of alkyl halides is 1. The van der Waals surface area contributed by atoms with Gasteiger partial charge in [-0.05, 0) is 94.5 Å². The van der Waals surface area contributed by atoms with E-state index in [1.165, 1.54) is 70.9 Å². The van der Waals surface area contributed by atoms with Crippen molar-refractivity contribution < 1.29 is 4.79 Å². The SMILES string of the molecule is O=C(NC1CCC2CNCCC2C1)C1CC1C1CCC(I)CC1. The van der Waals surface area contributed by atoms with Gasteiger partial charge < -0.3 is 10.6 Å². The molecule has 0 spiro atoms. The molecule has 0 bridgehead atoms. The van der Waals surface area contributed by atoms with Gasteiger partial charge >= 0.3 is 0 Å². The Kier molecular flexibility index (Phi) is 5.19. The molecule has 0 aromatic heterocycles. The van der Waals surface area contributed by atoms with E-state index in [1.54, 1.807) is 0 Å². The fourth-order valence-electron chi connectivity index (χ4n) is 5.51. The van der Waals surface area contributed by atoms with Gasteiger partial charge in [-0.2, -0.15) is 0 Å². The van der Waals surface area contributed by atoms with E-state index in [-0.39, 0.29) is 0 Å². The summed E-state index contributed by atoms with van der Waals surface area (Å²) in [6, 6.07) is 0.466. The number of amides is 1. The van der Waals surface area contributed by atoms with E-state index in [0.29, 0.717) is 23.8 Å². The van der Waals surface area contributed by atoms with Crippen LogP contribution in [0.3, 0.4) is 0 Å². The van der Waals surface area contributed by atoms with Gasteiger partial charge in [-0.25, -0.2) is 0 Å². The number of nitrogens with one attached hydrogen (secondary N) is 2. The van der Waals surface area contributed by atoms with Gasteiger partial charge in [-0.15, -0.1) is 0 Å². The summed E-state index contributed by atoms with van der Waals surface area (Å²) >= 11 is 2.60. The Hall–Kier alpha value is 0.160. The van der Waals surface area contributed by atoms with E-state index in [9.17, 15) is 4.79 Å². The Morgan fingerprint density at radius 2 is 1.70 bits per heavy atom. The minimum atomic E-state index is 0.358. The Morgan fingerprint density at radius 1 is 0.913 bits per heavy atom. The first-order valence-corrected chi connectivity index (χ1v) is 11.1. The largest absolute Gasteiger partial charge is 0.353 e. The summed E-state index contributed by atoms with van der Waals surface area (Å²) in [6.07, 6.45) is 11.7. The van der Waals surface area contributed by atoms with E-state index in [0.717, 1.165) is 21.7 Å². The summed E-state index contributed by atoms with van der Waals surface area (Å²) in [4.78, 5) is 12.6. The fraction of sp³-hybridized carbons (Fsp3) is 0.947. The van der Waals surface area contributed by atoms with Crippen molar-refractivity contribution in [2.24, 2.45) is 29.6 Å². The molecule has 3 aliphatic carbocycles. The summed E-state index contributed by atoms with van der Waals surface area (Å²) in [5.41, 5.74) is 0. The monoisotopic (exact) mass is 430 g/mol. The van der Waals surface area contributed by atoms with Gasteiger partial charge in [0, 0.05) is 15.9 Å². The lowest BCUT2D eigenvalue weighted by Gasteiger charge is -2.39. The molecule has 23 heavy (non-hydrogen) atoms. The third-order valence-corrected chi connectivity index (χ3v) is 8.31. The number of fused-ring (bicyclic) bond motifs is 1. The molecule has 5 unspecified atom stereocenters. The van der Waals surface area contributed by atoms with Crippen LogP contribution in [0.5, 0.6) is 0 Å². The standard InChI is InChI=1S/C19H31IN2O/c20-15-4-1-12(2-5-15)17-10-18(17)19(23)22-16-6-3-14-11-21-8-7-13(14)9-16/h12-18,21H,1-11H2,(H,22,23). The zero-order chi connectivity index (χ0) is 15.8. The average molecular weight is 430 g/mol. The highest BCUT2D eigenvalue weighted by Crippen LogP contribution is 2.50. The van der Waals surface area contributed by atoms with Crippen molar-refractivity contribution in [1.82, 2.24) is 10.6 Å².